The Balaban J connectivity index is 2.83. The smallest absolute Gasteiger partial charge is 0.177 e. The minimum absolute atomic E-state index is 0.110. The lowest BCUT2D eigenvalue weighted by molar-refractivity contribution is 0.658. The molecule has 0 unspecified atom stereocenters. The monoisotopic (exact) mass is 370 g/mol. The van der Waals surface area contributed by atoms with E-state index in [1.54, 1.807) is 6.07 Å². The maximum atomic E-state index is 13.0. The lowest BCUT2D eigenvalue weighted by atomic mass is 10.2. The Bertz CT molecular complexity index is 452. The van der Waals surface area contributed by atoms with Gasteiger partial charge in [-0.1, -0.05) is 22.0 Å². The second kappa shape index (κ2) is 3.82. The highest BCUT2D eigenvalue weighted by atomic mass is 127. The third-order valence-corrected chi connectivity index (χ3v) is 4.67. The van der Waals surface area contributed by atoms with Gasteiger partial charge in [0.1, 0.15) is 0 Å². The van der Waals surface area contributed by atoms with Gasteiger partial charge in [-0.25, -0.2) is 0 Å². The van der Waals surface area contributed by atoms with Gasteiger partial charge in [0, 0.05) is 14.3 Å². The molecule has 1 aromatic carbocycles. The number of thiophene rings is 1. The highest BCUT2D eigenvalue weighted by Gasteiger charge is 2.07. The average Bonchev–Trinajstić information content (AvgIpc) is 2.48. The van der Waals surface area contributed by atoms with Crippen LogP contribution in [0.3, 0.4) is 0 Å². The number of rotatable bonds is 1. The van der Waals surface area contributed by atoms with Crippen molar-refractivity contribution in [3.8, 4) is 0 Å². The van der Waals surface area contributed by atoms with E-state index in [0.29, 0.717) is 0 Å². The first-order valence-electron chi connectivity index (χ1n) is 3.65. The zero-order valence-electron chi connectivity index (χ0n) is 6.48. The van der Waals surface area contributed by atoms with Crippen molar-refractivity contribution in [2.24, 2.45) is 0 Å². The van der Waals surface area contributed by atoms with E-state index in [0.717, 1.165) is 24.5 Å². The van der Waals surface area contributed by atoms with E-state index in [4.69, 9.17) is 0 Å². The zero-order valence-corrected chi connectivity index (χ0v) is 11.0. The van der Waals surface area contributed by atoms with Crippen molar-refractivity contribution in [1.82, 2.24) is 0 Å². The molecule has 1 aromatic heterocycles. The van der Waals surface area contributed by atoms with Crippen LogP contribution in [-0.4, -0.2) is 0 Å². The van der Waals surface area contributed by atoms with Crippen LogP contribution in [0.1, 0.15) is 5.56 Å². The predicted octanol–water partition coefficient (Wildman–Crippen LogP) is 4.54. The Hall–Kier alpha value is 0.320. The Morgan fingerprint density at radius 3 is 2.92 bits per heavy atom. The molecule has 0 amide bonds. The molecule has 2 rings (SSSR count). The summed E-state index contributed by atoms with van der Waals surface area (Å²) in [6, 6.07) is 5.67. The molecule has 0 bridgehead atoms. The topological polar surface area (TPSA) is 0 Å². The Labute approximate surface area is 101 Å². The van der Waals surface area contributed by atoms with Gasteiger partial charge in [0.15, 0.2) is 5.13 Å². The minimum atomic E-state index is -0.110. The molecule has 0 spiro atoms. The summed E-state index contributed by atoms with van der Waals surface area (Å²) in [7, 11) is 0. The number of hydrogen-bond acceptors (Lipinski definition) is 1. The summed E-state index contributed by atoms with van der Waals surface area (Å²) in [5, 5.41) is 1.70. The normalized spacial score (nSPS) is 11.0. The quantitative estimate of drug-likeness (QED) is 0.510. The second-order valence-corrected chi connectivity index (χ2v) is 5.36. The fourth-order valence-corrected chi connectivity index (χ4v) is 3.36. The third kappa shape index (κ3) is 1.76. The Morgan fingerprint density at radius 1 is 1.46 bits per heavy atom. The van der Waals surface area contributed by atoms with Crippen molar-refractivity contribution < 1.29 is 4.39 Å². The Morgan fingerprint density at radius 2 is 2.23 bits per heavy atom. The maximum Gasteiger partial charge on any atom is 0.177 e. The molecule has 0 saturated heterocycles. The number of benzene rings is 1. The lowest BCUT2D eigenvalue weighted by Gasteiger charge is -1.99. The van der Waals surface area contributed by atoms with Crippen LogP contribution in [0.25, 0.3) is 10.1 Å². The molecule has 0 saturated carbocycles. The van der Waals surface area contributed by atoms with Crippen molar-refractivity contribution in [2.75, 3.05) is 0 Å². The summed E-state index contributed by atoms with van der Waals surface area (Å²) >= 11 is 6.84. The van der Waals surface area contributed by atoms with Crippen LogP contribution < -0.4 is 0 Å². The molecule has 1 heterocycles. The van der Waals surface area contributed by atoms with Gasteiger partial charge in [0.2, 0.25) is 0 Å². The van der Waals surface area contributed by atoms with E-state index in [-0.39, 0.29) is 5.13 Å². The molecule has 13 heavy (non-hydrogen) atoms. The van der Waals surface area contributed by atoms with E-state index in [1.165, 1.54) is 11.3 Å². The first kappa shape index (κ1) is 9.86. The third-order valence-electron chi connectivity index (χ3n) is 1.84. The molecule has 0 N–H and O–H groups in total. The highest BCUT2D eigenvalue weighted by Crippen LogP contribution is 2.32. The SMILES string of the molecule is Fc1cc2c(CBr)ccc(I)c2s1. The number of alkyl halides is 1. The number of halogens is 3. The summed E-state index contributed by atoms with van der Waals surface area (Å²) in [6.45, 7) is 0. The first-order chi connectivity index (χ1) is 6.22. The van der Waals surface area contributed by atoms with Crippen molar-refractivity contribution in [3.05, 3.63) is 32.5 Å². The van der Waals surface area contributed by atoms with Gasteiger partial charge < -0.3 is 0 Å². The van der Waals surface area contributed by atoms with Crippen molar-refractivity contribution >= 4 is 59.9 Å². The molecule has 0 aliphatic heterocycles. The van der Waals surface area contributed by atoms with Crippen LogP contribution >= 0.6 is 49.9 Å². The molecule has 0 radical (unpaired) electrons. The van der Waals surface area contributed by atoms with Crippen LogP contribution in [0.5, 0.6) is 0 Å². The largest absolute Gasteiger partial charge is 0.195 e. The molecule has 68 valence electrons. The highest BCUT2D eigenvalue weighted by molar-refractivity contribution is 14.1. The molecular weight excluding hydrogens is 366 g/mol. The fraction of sp³-hybridized carbons (Fsp3) is 0.111. The summed E-state index contributed by atoms with van der Waals surface area (Å²) < 4.78 is 15.2. The number of hydrogen-bond donors (Lipinski definition) is 0. The van der Waals surface area contributed by atoms with Crippen LogP contribution in [-0.2, 0) is 5.33 Å². The van der Waals surface area contributed by atoms with Crippen LogP contribution in [0.2, 0.25) is 0 Å². The summed E-state index contributed by atoms with van der Waals surface area (Å²) in [4.78, 5) is 0. The molecule has 0 aliphatic carbocycles. The van der Waals surface area contributed by atoms with Crippen molar-refractivity contribution in [1.29, 1.82) is 0 Å². The lowest BCUT2D eigenvalue weighted by Crippen LogP contribution is -1.79. The van der Waals surface area contributed by atoms with Gasteiger partial charge in [-0.3, -0.25) is 0 Å². The molecule has 2 aromatic rings. The van der Waals surface area contributed by atoms with Crippen LogP contribution in [0, 0.1) is 8.70 Å². The molecule has 0 nitrogen and oxygen atoms in total. The second-order valence-electron chi connectivity index (χ2n) is 2.63. The van der Waals surface area contributed by atoms with Gasteiger partial charge in [-0.2, -0.15) is 4.39 Å². The van der Waals surface area contributed by atoms with Gasteiger partial charge in [-0.05, 0) is 40.3 Å². The van der Waals surface area contributed by atoms with E-state index in [9.17, 15) is 4.39 Å². The molecule has 0 fully saturated rings. The van der Waals surface area contributed by atoms with E-state index in [1.807, 2.05) is 12.1 Å². The average molecular weight is 371 g/mol. The van der Waals surface area contributed by atoms with Crippen LogP contribution in [0.15, 0.2) is 18.2 Å². The Kier molecular flexibility index (Phi) is 2.90. The molecule has 0 atom stereocenters. The molecule has 0 aliphatic rings. The molecule has 4 heteroatoms. The minimum Gasteiger partial charge on any atom is -0.195 e. The predicted molar refractivity (Wildman–Crippen MR) is 67.1 cm³/mol. The standard InChI is InChI=1S/C9H5BrFIS/c10-4-5-1-2-7(12)9-6(5)3-8(11)13-9/h1-3H,4H2. The number of fused-ring (bicyclic) bond motifs is 1. The molecular formula is C9H5BrFIS. The van der Waals surface area contributed by atoms with Crippen LogP contribution in [0.4, 0.5) is 4.39 Å². The van der Waals surface area contributed by atoms with Gasteiger partial charge >= 0.3 is 0 Å². The van der Waals surface area contributed by atoms with Gasteiger partial charge in [0.05, 0.1) is 4.70 Å². The summed E-state index contributed by atoms with van der Waals surface area (Å²) in [6.07, 6.45) is 0. The van der Waals surface area contributed by atoms with E-state index < -0.39 is 0 Å². The first-order valence-corrected chi connectivity index (χ1v) is 6.66. The fourth-order valence-electron chi connectivity index (χ4n) is 1.23. The zero-order chi connectivity index (χ0) is 9.42. The van der Waals surface area contributed by atoms with Crippen molar-refractivity contribution in [3.63, 3.8) is 0 Å². The van der Waals surface area contributed by atoms with Gasteiger partial charge in [-0.15, -0.1) is 11.3 Å². The maximum absolute atomic E-state index is 13.0. The summed E-state index contributed by atoms with van der Waals surface area (Å²) in [5.41, 5.74) is 1.15. The van der Waals surface area contributed by atoms with Crippen molar-refractivity contribution in [2.45, 2.75) is 5.33 Å². The summed E-state index contributed by atoms with van der Waals surface area (Å²) in [5.74, 6) is 0. The van der Waals surface area contributed by atoms with Gasteiger partial charge in [0.25, 0.3) is 0 Å². The van der Waals surface area contributed by atoms with E-state index >= 15 is 0 Å². The van der Waals surface area contributed by atoms with E-state index in [2.05, 4.69) is 38.5 Å².